The van der Waals surface area contributed by atoms with E-state index in [-0.39, 0.29) is 11.6 Å². The normalized spacial score (nSPS) is 18.6. The Morgan fingerprint density at radius 1 is 0.636 bits per heavy atom. The van der Waals surface area contributed by atoms with E-state index in [1.165, 1.54) is 23.5 Å². The molecule has 2 nitrogen and oxygen atoms in total. The molecule has 0 aliphatic carbocycles. The molecule has 2 aromatic carbocycles. The summed E-state index contributed by atoms with van der Waals surface area (Å²) in [5.41, 5.74) is 1.40. The van der Waals surface area contributed by atoms with E-state index >= 15 is 0 Å². The number of carbonyl (C=O) groups is 2. The minimum Gasteiger partial charge on any atom is -0.288 e. The minimum absolute atomic E-state index is 0.0331. The summed E-state index contributed by atoms with van der Waals surface area (Å²) >= 11 is 2.81. The molecule has 0 unspecified atom stereocenters. The average molecular weight is 326 g/mol. The van der Waals surface area contributed by atoms with Gasteiger partial charge in [-0.05, 0) is 24.3 Å². The lowest BCUT2D eigenvalue weighted by Gasteiger charge is -1.98. The molecule has 4 heteroatoms. The van der Waals surface area contributed by atoms with Gasteiger partial charge in [-0.1, -0.05) is 61.6 Å². The molecule has 2 aliphatic heterocycles. The van der Waals surface area contributed by atoms with Crippen molar-refractivity contribution in [2.75, 3.05) is 0 Å². The van der Waals surface area contributed by atoms with Crippen LogP contribution in [0.25, 0.3) is 0 Å². The molecular weight excluding hydrogens is 312 g/mol. The fourth-order valence-corrected chi connectivity index (χ4v) is 4.64. The summed E-state index contributed by atoms with van der Waals surface area (Å²) in [5.74, 6) is -0.0662. The van der Waals surface area contributed by atoms with Crippen LogP contribution >= 0.6 is 23.5 Å². The van der Waals surface area contributed by atoms with Crippen molar-refractivity contribution in [2.24, 2.45) is 0 Å². The second-order valence-corrected chi connectivity index (χ2v) is 6.62. The number of fused-ring (bicyclic) bond motifs is 2. The van der Waals surface area contributed by atoms with Crippen LogP contribution in [0.2, 0.25) is 0 Å². The lowest BCUT2D eigenvalue weighted by Crippen LogP contribution is -2.01. The Morgan fingerprint density at radius 3 is 1.36 bits per heavy atom. The molecule has 2 aliphatic rings. The number of benzene rings is 2. The predicted octanol–water partition coefficient (Wildman–Crippen LogP) is 5.20. The Hall–Kier alpha value is -1.78. The summed E-state index contributed by atoms with van der Waals surface area (Å²) in [7, 11) is 0. The smallest absolute Gasteiger partial charge is 0.202 e. The molecule has 0 radical (unpaired) electrons. The molecule has 0 aromatic heterocycles. The van der Waals surface area contributed by atoms with Crippen molar-refractivity contribution in [1.82, 2.24) is 0 Å². The summed E-state index contributed by atoms with van der Waals surface area (Å²) in [6.45, 7) is 4.00. The molecule has 0 fully saturated rings. The lowest BCUT2D eigenvalue weighted by molar-refractivity contribution is 0.101. The molecule has 0 saturated carbocycles. The van der Waals surface area contributed by atoms with E-state index in [1.54, 1.807) is 0 Å². The summed E-state index contributed by atoms with van der Waals surface area (Å²) in [4.78, 5) is 27.9. The molecule has 0 atom stereocenters. The van der Waals surface area contributed by atoms with Crippen molar-refractivity contribution in [3.8, 4) is 0 Å². The van der Waals surface area contributed by atoms with Crippen molar-refractivity contribution in [1.29, 1.82) is 0 Å². The third-order valence-electron chi connectivity index (χ3n) is 3.31. The molecule has 2 aromatic rings. The monoisotopic (exact) mass is 326 g/mol. The van der Waals surface area contributed by atoms with Crippen LogP contribution in [-0.4, -0.2) is 11.6 Å². The molecule has 0 N–H and O–H groups in total. The van der Waals surface area contributed by atoms with Crippen molar-refractivity contribution in [3.63, 3.8) is 0 Å². The summed E-state index contributed by atoms with van der Waals surface area (Å²) in [6.07, 6.45) is 0. The van der Waals surface area contributed by atoms with Crippen LogP contribution in [-0.2, 0) is 0 Å². The van der Waals surface area contributed by atoms with Gasteiger partial charge in [0.15, 0.2) is 0 Å². The van der Waals surface area contributed by atoms with Crippen LogP contribution in [0, 0.1) is 0 Å². The largest absolute Gasteiger partial charge is 0.288 e. The molecule has 0 amide bonds. The fourth-order valence-electron chi connectivity index (χ4n) is 2.34. The highest BCUT2D eigenvalue weighted by Gasteiger charge is 2.35. The molecule has 0 spiro atoms. The highest BCUT2D eigenvalue weighted by atomic mass is 32.2. The SMILES string of the molecule is CC.O=C1/C(=C2\Sc3ccccc3C2=O)Sc2ccccc21. The van der Waals surface area contributed by atoms with E-state index in [9.17, 15) is 9.59 Å². The average Bonchev–Trinajstić information content (AvgIpc) is 3.08. The maximum Gasteiger partial charge on any atom is 0.202 e. The van der Waals surface area contributed by atoms with Gasteiger partial charge in [0.05, 0.1) is 9.81 Å². The van der Waals surface area contributed by atoms with Crippen LogP contribution in [0.5, 0.6) is 0 Å². The maximum absolute atomic E-state index is 12.4. The summed E-state index contributed by atoms with van der Waals surface area (Å²) in [5, 5.41) is 0. The van der Waals surface area contributed by atoms with Crippen LogP contribution < -0.4 is 0 Å². The van der Waals surface area contributed by atoms with Gasteiger partial charge < -0.3 is 0 Å². The predicted molar refractivity (Wildman–Crippen MR) is 91.6 cm³/mol. The minimum atomic E-state index is -0.0331. The second-order valence-electron chi connectivity index (χ2n) is 4.51. The summed E-state index contributed by atoms with van der Waals surface area (Å²) in [6, 6.07) is 15.0. The first-order valence-corrected chi connectivity index (χ1v) is 8.76. The van der Waals surface area contributed by atoms with Crippen LogP contribution in [0.15, 0.2) is 68.1 Å². The maximum atomic E-state index is 12.4. The Kier molecular flexibility index (Phi) is 4.23. The molecular formula is C18H14O2S2. The number of thioether (sulfide) groups is 2. The Bertz CT molecular complexity index is 739. The summed E-state index contributed by atoms with van der Waals surface area (Å²) < 4.78 is 0. The number of allylic oxidation sites excluding steroid dienone is 2. The zero-order valence-electron chi connectivity index (χ0n) is 12.3. The van der Waals surface area contributed by atoms with E-state index in [1.807, 2.05) is 62.4 Å². The van der Waals surface area contributed by atoms with Gasteiger partial charge in [-0.15, -0.1) is 0 Å². The highest BCUT2D eigenvalue weighted by molar-refractivity contribution is 8.08. The van der Waals surface area contributed by atoms with Gasteiger partial charge in [0.1, 0.15) is 0 Å². The third-order valence-corrected chi connectivity index (χ3v) is 5.77. The topological polar surface area (TPSA) is 34.1 Å². The number of hydrogen-bond acceptors (Lipinski definition) is 4. The van der Waals surface area contributed by atoms with Crippen molar-refractivity contribution >= 4 is 35.1 Å². The fraction of sp³-hybridized carbons (Fsp3) is 0.111. The van der Waals surface area contributed by atoms with Crippen LogP contribution in [0.3, 0.4) is 0 Å². The molecule has 110 valence electrons. The van der Waals surface area contributed by atoms with Crippen LogP contribution in [0.1, 0.15) is 34.6 Å². The van der Waals surface area contributed by atoms with E-state index < -0.39 is 0 Å². The van der Waals surface area contributed by atoms with Gasteiger partial charge in [0.25, 0.3) is 0 Å². The van der Waals surface area contributed by atoms with Gasteiger partial charge in [-0.3, -0.25) is 9.59 Å². The Balaban J connectivity index is 0.000000693. The van der Waals surface area contributed by atoms with Crippen molar-refractivity contribution in [2.45, 2.75) is 23.6 Å². The van der Waals surface area contributed by atoms with Gasteiger partial charge in [-0.2, -0.15) is 0 Å². The first-order chi connectivity index (χ1) is 10.8. The molecule has 0 saturated heterocycles. The lowest BCUT2D eigenvalue weighted by atomic mass is 10.1. The standard InChI is InChI=1S/C16H8O2S2.C2H6/c17-13-9-5-1-3-7-11(9)19-15(13)16-14(18)10-6-2-4-8-12(10)20-16;1-2/h1-8H;1-2H3/b16-15+;. The highest BCUT2D eigenvalue weighted by Crippen LogP contribution is 2.49. The second kappa shape index (κ2) is 6.15. The zero-order valence-corrected chi connectivity index (χ0v) is 13.9. The Morgan fingerprint density at radius 2 is 1.00 bits per heavy atom. The molecule has 2 heterocycles. The number of rotatable bonds is 0. The van der Waals surface area contributed by atoms with E-state index in [2.05, 4.69) is 0 Å². The van der Waals surface area contributed by atoms with Gasteiger partial charge in [0, 0.05) is 20.9 Å². The number of Topliss-reactive ketones (excluding diaryl/α,β-unsaturated/α-hetero) is 2. The van der Waals surface area contributed by atoms with Gasteiger partial charge in [-0.25, -0.2) is 0 Å². The van der Waals surface area contributed by atoms with E-state index in [0.717, 1.165) is 9.79 Å². The zero-order chi connectivity index (χ0) is 15.7. The van der Waals surface area contributed by atoms with E-state index in [4.69, 9.17) is 0 Å². The first kappa shape index (κ1) is 15.1. The number of ketones is 2. The Labute approximate surface area is 138 Å². The van der Waals surface area contributed by atoms with Gasteiger partial charge in [0.2, 0.25) is 11.6 Å². The van der Waals surface area contributed by atoms with Gasteiger partial charge >= 0.3 is 0 Å². The van der Waals surface area contributed by atoms with E-state index in [0.29, 0.717) is 20.9 Å². The van der Waals surface area contributed by atoms with Crippen LogP contribution in [0.4, 0.5) is 0 Å². The molecule has 0 bridgehead atoms. The van der Waals surface area contributed by atoms with Crippen molar-refractivity contribution < 1.29 is 9.59 Å². The quantitative estimate of drug-likeness (QED) is 0.623. The molecule has 22 heavy (non-hydrogen) atoms. The first-order valence-electron chi connectivity index (χ1n) is 7.13. The molecule has 4 rings (SSSR count). The number of carbonyl (C=O) groups excluding carboxylic acids is 2. The third kappa shape index (κ3) is 2.32. The van der Waals surface area contributed by atoms with Crippen molar-refractivity contribution in [3.05, 3.63) is 69.5 Å². The number of hydrogen-bond donors (Lipinski definition) is 0.